The van der Waals surface area contributed by atoms with Gasteiger partial charge in [-0.2, -0.15) is 0 Å². The molecule has 0 spiro atoms. The lowest BCUT2D eigenvalue weighted by Crippen LogP contribution is -2.58. The van der Waals surface area contributed by atoms with Gasteiger partial charge in [-0.3, -0.25) is 0 Å². The van der Waals surface area contributed by atoms with Crippen molar-refractivity contribution < 1.29 is 4.74 Å². The van der Waals surface area contributed by atoms with E-state index >= 15 is 0 Å². The average Bonchev–Trinajstić information content (AvgIpc) is 2.30. The maximum atomic E-state index is 5.81. The van der Waals surface area contributed by atoms with E-state index in [-0.39, 0.29) is 5.41 Å². The summed E-state index contributed by atoms with van der Waals surface area (Å²) in [6.45, 7) is 7.27. The molecule has 1 saturated carbocycles. The molecule has 1 fully saturated rings. The Morgan fingerprint density at radius 3 is 2.82 bits per heavy atom. The van der Waals surface area contributed by atoms with Gasteiger partial charge in [-0.1, -0.05) is 25.4 Å². The molecule has 0 amide bonds. The standard InChI is InChI=1S/C13H19ClN2O/c1-4-17-11-7-10(13(11,2)3)16-12-6-5-9(14)8-15-12/h5-6,8,10-11H,4,7H2,1-3H3,(H,15,16). The van der Waals surface area contributed by atoms with Crippen molar-refractivity contribution in [1.29, 1.82) is 0 Å². The second kappa shape index (κ2) is 4.83. The quantitative estimate of drug-likeness (QED) is 0.895. The number of ether oxygens (including phenoxy) is 1. The number of pyridine rings is 1. The molecule has 1 aliphatic carbocycles. The van der Waals surface area contributed by atoms with E-state index in [0.717, 1.165) is 18.8 Å². The number of anilines is 1. The third-order valence-corrected chi connectivity index (χ3v) is 3.82. The van der Waals surface area contributed by atoms with Crippen molar-refractivity contribution in [2.75, 3.05) is 11.9 Å². The minimum Gasteiger partial charge on any atom is -0.378 e. The Morgan fingerprint density at radius 2 is 2.29 bits per heavy atom. The van der Waals surface area contributed by atoms with E-state index in [4.69, 9.17) is 16.3 Å². The van der Waals surface area contributed by atoms with Gasteiger partial charge in [0.25, 0.3) is 0 Å². The normalized spacial score (nSPS) is 26.4. The average molecular weight is 255 g/mol. The maximum absolute atomic E-state index is 5.81. The second-order valence-corrected chi connectivity index (χ2v) is 5.50. The Hall–Kier alpha value is -0.800. The molecule has 0 bridgehead atoms. The van der Waals surface area contributed by atoms with Gasteiger partial charge in [0.2, 0.25) is 0 Å². The van der Waals surface area contributed by atoms with Gasteiger partial charge in [0, 0.05) is 24.3 Å². The Labute approximate surface area is 108 Å². The molecule has 0 saturated heterocycles. The van der Waals surface area contributed by atoms with Crippen LogP contribution in [0.25, 0.3) is 0 Å². The Balaban J connectivity index is 1.95. The lowest BCUT2D eigenvalue weighted by molar-refractivity contribution is -0.0976. The van der Waals surface area contributed by atoms with Crippen molar-refractivity contribution in [1.82, 2.24) is 4.98 Å². The Morgan fingerprint density at radius 1 is 1.53 bits per heavy atom. The molecule has 0 aliphatic heterocycles. The third kappa shape index (κ3) is 2.55. The van der Waals surface area contributed by atoms with Crippen molar-refractivity contribution in [3.05, 3.63) is 23.4 Å². The van der Waals surface area contributed by atoms with E-state index in [2.05, 4.69) is 24.1 Å². The summed E-state index contributed by atoms with van der Waals surface area (Å²) >= 11 is 5.81. The van der Waals surface area contributed by atoms with Gasteiger partial charge in [0.1, 0.15) is 5.82 Å². The van der Waals surface area contributed by atoms with Crippen LogP contribution >= 0.6 is 11.6 Å². The predicted molar refractivity (Wildman–Crippen MR) is 70.5 cm³/mol. The molecule has 2 atom stereocenters. The minimum absolute atomic E-state index is 0.150. The number of hydrogen-bond donors (Lipinski definition) is 1. The molecule has 2 unspecified atom stereocenters. The third-order valence-electron chi connectivity index (χ3n) is 3.60. The number of rotatable bonds is 4. The zero-order chi connectivity index (χ0) is 12.5. The first kappa shape index (κ1) is 12.7. The molecule has 1 aliphatic rings. The van der Waals surface area contributed by atoms with Crippen LogP contribution in [0.4, 0.5) is 5.82 Å². The first-order chi connectivity index (χ1) is 8.04. The fraction of sp³-hybridized carbons (Fsp3) is 0.615. The van der Waals surface area contributed by atoms with E-state index in [0.29, 0.717) is 17.2 Å². The Bertz CT molecular complexity index is 378. The van der Waals surface area contributed by atoms with E-state index in [1.807, 2.05) is 19.1 Å². The van der Waals surface area contributed by atoms with E-state index in [1.54, 1.807) is 6.20 Å². The smallest absolute Gasteiger partial charge is 0.126 e. The lowest BCUT2D eigenvalue weighted by Gasteiger charge is -2.51. The van der Waals surface area contributed by atoms with Gasteiger partial charge in [0.05, 0.1) is 11.1 Å². The first-order valence-electron chi connectivity index (χ1n) is 6.03. The summed E-state index contributed by atoms with van der Waals surface area (Å²) in [5, 5.41) is 4.10. The van der Waals surface area contributed by atoms with Crippen molar-refractivity contribution in [2.24, 2.45) is 5.41 Å². The highest BCUT2D eigenvalue weighted by Gasteiger charge is 2.48. The van der Waals surface area contributed by atoms with Gasteiger partial charge >= 0.3 is 0 Å². The molecule has 2 rings (SSSR count). The minimum atomic E-state index is 0.150. The van der Waals surface area contributed by atoms with E-state index in [9.17, 15) is 0 Å². The Kier molecular flexibility index (Phi) is 3.59. The molecular formula is C13H19ClN2O. The van der Waals surface area contributed by atoms with Crippen LogP contribution in [0.1, 0.15) is 27.2 Å². The van der Waals surface area contributed by atoms with Crippen molar-refractivity contribution in [3.63, 3.8) is 0 Å². The first-order valence-corrected chi connectivity index (χ1v) is 6.41. The van der Waals surface area contributed by atoms with Crippen LogP contribution in [0.5, 0.6) is 0 Å². The molecular weight excluding hydrogens is 236 g/mol. The molecule has 17 heavy (non-hydrogen) atoms. The van der Waals surface area contributed by atoms with Crippen LogP contribution in [0.2, 0.25) is 5.02 Å². The molecule has 1 heterocycles. The number of nitrogens with one attached hydrogen (secondary N) is 1. The second-order valence-electron chi connectivity index (χ2n) is 5.06. The fourth-order valence-corrected chi connectivity index (χ4v) is 2.37. The molecule has 4 heteroatoms. The van der Waals surface area contributed by atoms with Gasteiger partial charge in [-0.05, 0) is 25.5 Å². The van der Waals surface area contributed by atoms with E-state index in [1.165, 1.54) is 0 Å². The van der Waals surface area contributed by atoms with Crippen molar-refractivity contribution in [2.45, 2.75) is 39.3 Å². The van der Waals surface area contributed by atoms with Gasteiger partial charge in [-0.15, -0.1) is 0 Å². The van der Waals surface area contributed by atoms with Crippen molar-refractivity contribution >= 4 is 17.4 Å². The van der Waals surface area contributed by atoms with Gasteiger partial charge < -0.3 is 10.1 Å². The summed E-state index contributed by atoms with van der Waals surface area (Å²) in [6, 6.07) is 4.17. The number of aromatic nitrogens is 1. The fourth-order valence-electron chi connectivity index (χ4n) is 2.25. The van der Waals surface area contributed by atoms with Gasteiger partial charge in [0.15, 0.2) is 0 Å². The summed E-state index contributed by atoms with van der Waals surface area (Å²) < 4.78 is 5.70. The topological polar surface area (TPSA) is 34.1 Å². The van der Waals surface area contributed by atoms with Crippen LogP contribution in [0.3, 0.4) is 0 Å². The van der Waals surface area contributed by atoms with Crippen LogP contribution in [-0.4, -0.2) is 23.7 Å². The zero-order valence-electron chi connectivity index (χ0n) is 10.5. The van der Waals surface area contributed by atoms with E-state index < -0.39 is 0 Å². The summed E-state index contributed by atoms with van der Waals surface area (Å²) in [6.07, 6.45) is 3.04. The monoisotopic (exact) mass is 254 g/mol. The number of halogens is 1. The SMILES string of the molecule is CCOC1CC(Nc2ccc(Cl)cn2)C1(C)C. The molecule has 1 aromatic heterocycles. The molecule has 0 aromatic carbocycles. The largest absolute Gasteiger partial charge is 0.378 e. The predicted octanol–water partition coefficient (Wildman–Crippen LogP) is 3.35. The van der Waals surface area contributed by atoms with Crippen LogP contribution in [0.15, 0.2) is 18.3 Å². The van der Waals surface area contributed by atoms with Gasteiger partial charge in [-0.25, -0.2) is 4.98 Å². The van der Waals surface area contributed by atoms with Crippen LogP contribution in [-0.2, 0) is 4.74 Å². The summed E-state index contributed by atoms with van der Waals surface area (Å²) in [4.78, 5) is 4.25. The summed E-state index contributed by atoms with van der Waals surface area (Å²) in [7, 11) is 0. The highest BCUT2D eigenvalue weighted by molar-refractivity contribution is 6.30. The van der Waals surface area contributed by atoms with Crippen LogP contribution < -0.4 is 5.32 Å². The molecule has 1 N–H and O–H groups in total. The zero-order valence-corrected chi connectivity index (χ0v) is 11.3. The molecule has 0 radical (unpaired) electrons. The number of hydrogen-bond acceptors (Lipinski definition) is 3. The highest BCUT2D eigenvalue weighted by atomic mass is 35.5. The van der Waals surface area contributed by atoms with Crippen LogP contribution in [0, 0.1) is 5.41 Å². The number of nitrogens with zero attached hydrogens (tertiary/aromatic N) is 1. The van der Waals surface area contributed by atoms with Crippen molar-refractivity contribution in [3.8, 4) is 0 Å². The summed E-state index contributed by atoms with van der Waals surface area (Å²) in [5.41, 5.74) is 0.150. The lowest BCUT2D eigenvalue weighted by atomic mass is 9.64. The molecule has 1 aromatic rings. The summed E-state index contributed by atoms with van der Waals surface area (Å²) in [5.74, 6) is 0.877. The highest BCUT2D eigenvalue weighted by Crippen LogP contribution is 2.44. The molecule has 3 nitrogen and oxygen atoms in total. The molecule has 94 valence electrons. The maximum Gasteiger partial charge on any atom is 0.126 e.